The normalized spacial score (nSPS) is 15.9. The van der Waals surface area contributed by atoms with Crippen molar-refractivity contribution in [2.75, 3.05) is 13.1 Å². The number of rotatable bonds is 13. The largest absolute Gasteiger partial charge is 0.391 e. The van der Waals surface area contributed by atoms with Gasteiger partial charge in [0.05, 0.1) is 24.0 Å². The van der Waals surface area contributed by atoms with Gasteiger partial charge >= 0.3 is 6.03 Å². The summed E-state index contributed by atoms with van der Waals surface area (Å²) in [7, 11) is 0. The van der Waals surface area contributed by atoms with Gasteiger partial charge in [-0.2, -0.15) is 0 Å². The minimum atomic E-state index is -0.869. The van der Waals surface area contributed by atoms with Crippen molar-refractivity contribution in [2.24, 2.45) is 11.1 Å². The van der Waals surface area contributed by atoms with Crippen LogP contribution in [0.4, 0.5) is 4.79 Å². The van der Waals surface area contributed by atoms with Crippen molar-refractivity contribution in [2.45, 2.75) is 84.7 Å². The van der Waals surface area contributed by atoms with Gasteiger partial charge in [-0.1, -0.05) is 81.4 Å². The van der Waals surface area contributed by atoms with Crippen molar-refractivity contribution >= 4 is 11.9 Å². The second-order valence-corrected chi connectivity index (χ2v) is 14.4. The van der Waals surface area contributed by atoms with Gasteiger partial charge in [0, 0.05) is 42.6 Å². The molecule has 9 heteroatoms. The molecule has 0 aliphatic carbocycles. The van der Waals surface area contributed by atoms with E-state index in [0.717, 1.165) is 39.3 Å². The highest BCUT2D eigenvalue weighted by Gasteiger charge is 2.44. The zero-order chi connectivity index (χ0) is 35.1. The summed E-state index contributed by atoms with van der Waals surface area (Å²) in [5.74, 6) is -0.238. The van der Waals surface area contributed by atoms with Crippen LogP contribution in [0.1, 0.15) is 55.3 Å². The third-order valence-corrected chi connectivity index (χ3v) is 9.13. The molecule has 4 N–H and O–H groups in total. The van der Waals surface area contributed by atoms with E-state index in [-0.39, 0.29) is 18.4 Å². The highest BCUT2D eigenvalue weighted by atomic mass is 16.3. The number of urea groups is 1. The molecule has 0 radical (unpaired) electrons. The summed E-state index contributed by atoms with van der Waals surface area (Å²) in [6.07, 6.45) is 2.20. The fourth-order valence-corrected chi connectivity index (χ4v) is 6.63. The monoisotopic (exact) mass is 662 g/mol. The van der Waals surface area contributed by atoms with E-state index in [1.165, 1.54) is 0 Å². The number of benzene rings is 2. The Hall–Kier alpha value is -4.60. The maximum atomic E-state index is 14.2. The molecule has 4 aromatic rings. The van der Waals surface area contributed by atoms with Gasteiger partial charge in [-0.25, -0.2) is 4.79 Å². The molecule has 2 aromatic heterocycles. The lowest BCUT2D eigenvalue weighted by Crippen LogP contribution is -2.57. The Bertz CT molecular complexity index is 1710. The molecule has 1 saturated heterocycles. The highest BCUT2D eigenvalue weighted by Crippen LogP contribution is 2.29. The number of hydrogen-bond donors (Lipinski definition) is 3. The highest BCUT2D eigenvalue weighted by molar-refractivity contribution is 5.89. The fourth-order valence-electron chi connectivity index (χ4n) is 6.63. The molecule has 1 aliphatic heterocycles. The molecule has 1 aliphatic rings. The Morgan fingerprint density at radius 3 is 2.33 bits per heavy atom. The Labute approximate surface area is 290 Å². The minimum Gasteiger partial charge on any atom is -0.391 e. The van der Waals surface area contributed by atoms with Gasteiger partial charge in [0.25, 0.3) is 0 Å². The first kappa shape index (κ1) is 35.7. The van der Waals surface area contributed by atoms with Crippen LogP contribution < -0.4 is 11.1 Å². The summed E-state index contributed by atoms with van der Waals surface area (Å²) >= 11 is 0. The number of carbonyl (C=O) groups is 2. The van der Waals surface area contributed by atoms with Crippen LogP contribution in [0.15, 0.2) is 91.1 Å². The Morgan fingerprint density at radius 1 is 0.939 bits per heavy atom. The van der Waals surface area contributed by atoms with Crippen LogP contribution >= 0.6 is 0 Å². The van der Waals surface area contributed by atoms with Gasteiger partial charge in [0.15, 0.2) is 0 Å². The lowest BCUT2D eigenvalue weighted by atomic mass is 9.84. The van der Waals surface area contributed by atoms with Crippen LogP contribution in [0.25, 0.3) is 11.3 Å². The first-order valence-corrected chi connectivity index (χ1v) is 17.2. The lowest BCUT2D eigenvalue weighted by Gasteiger charge is -2.37. The summed E-state index contributed by atoms with van der Waals surface area (Å²) in [4.78, 5) is 40.4. The number of amides is 3. The van der Waals surface area contributed by atoms with E-state index in [9.17, 15) is 14.7 Å². The number of aromatic nitrogens is 2. The van der Waals surface area contributed by atoms with E-state index >= 15 is 0 Å². The predicted octanol–water partition coefficient (Wildman–Crippen LogP) is 5.46. The average molecular weight is 663 g/mol. The molecular formula is C40H50N6O3. The predicted molar refractivity (Wildman–Crippen MR) is 194 cm³/mol. The Kier molecular flexibility index (Phi) is 11.5. The minimum absolute atomic E-state index is 0.177. The molecule has 3 amide bonds. The van der Waals surface area contributed by atoms with Crippen molar-refractivity contribution in [1.82, 2.24) is 25.1 Å². The summed E-state index contributed by atoms with van der Waals surface area (Å²) < 4.78 is 0. The van der Waals surface area contributed by atoms with Crippen molar-refractivity contribution in [3.63, 3.8) is 0 Å². The quantitative estimate of drug-likeness (QED) is 0.175. The van der Waals surface area contributed by atoms with Gasteiger partial charge in [-0.3, -0.25) is 14.8 Å². The van der Waals surface area contributed by atoms with Gasteiger partial charge in [0.1, 0.15) is 6.04 Å². The molecule has 0 saturated carbocycles. The van der Waals surface area contributed by atoms with E-state index in [0.29, 0.717) is 32.5 Å². The third kappa shape index (κ3) is 9.52. The van der Waals surface area contributed by atoms with Crippen LogP contribution in [0, 0.1) is 19.3 Å². The van der Waals surface area contributed by atoms with Crippen molar-refractivity contribution in [3.05, 3.63) is 119 Å². The molecule has 1 unspecified atom stereocenters. The number of pyridine rings is 2. The average Bonchev–Trinajstić information content (AvgIpc) is 3.39. The van der Waals surface area contributed by atoms with Crippen LogP contribution in [0.5, 0.6) is 0 Å². The van der Waals surface area contributed by atoms with Crippen LogP contribution in [0.3, 0.4) is 0 Å². The van der Waals surface area contributed by atoms with Crippen molar-refractivity contribution in [1.29, 1.82) is 0 Å². The molecule has 3 heterocycles. The second-order valence-electron chi connectivity index (χ2n) is 14.4. The van der Waals surface area contributed by atoms with Gasteiger partial charge in [-0.05, 0) is 79.5 Å². The van der Waals surface area contributed by atoms with E-state index in [2.05, 4.69) is 21.4 Å². The topological polar surface area (TPSA) is 125 Å². The summed E-state index contributed by atoms with van der Waals surface area (Å²) in [6.45, 7) is 11.3. The molecule has 0 spiro atoms. The number of nitrogens with zero attached hydrogens (tertiary/aromatic N) is 4. The molecule has 49 heavy (non-hydrogen) atoms. The number of hydrogen-bond acceptors (Lipinski definition) is 6. The van der Waals surface area contributed by atoms with E-state index in [4.69, 9.17) is 5.73 Å². The number of nitrogens with two attached hydrogens (primary N) is 1. The third-order valence-electron chi connectivity index (χ3n) is 9.13. The molecule has 5 rings (SSSR count). The van der Waals surface area contributed by atoms with Gasteiger partial charge in [-0.15, -0.1) is 0 Å². The van der Waals surface area contributed by atoms with Crippen molar-refractivity contribution < 1.29 is 14.7 Å². The number of nitrogens with one attached hydrogen (secondary N) is 1. The van der Waals surface area contributed by atoms with Crippen molar-refractivity contribution in [3.8, 4) is 11.3 Å². The first-order chi connectivity index (χ1) is 23.4. The first-order valence-electron chi connectivity index (χ1n) is 17.2. The molecule has 2 aromatic carbocycles. The van der Waals surface area contributed by atoms with E-state index in [1.54, 1.807) is 16.0 Å². The van der Waals surface area contributed by atoms with E-state index in [1.807, 2.05) is 113 Å². The SMILES string of the molecule is Cc1ccnc(-c2ccc(C[C@H](N)[C@@H](O)C[C@H](Cc3ccccc3)NC(=O)C(N3CCN(Cc4cccc(C)n4)C3=O)C(C)(C)C)cc2)c1. The van der Waals surface area contributed by atoms with Crippen LogP contribution in [-0.4, -0.2) is 74.1 Å². The van der Waals surface area contributed by atoms with Crippen LogP contribution in [0.2, 0.25) is 0 Å². The molecule has 4 atom stereocenters. The van der Waals surface area contributed by atoms with Gasteiger partial charge in [0.2, 0.25) is 5.91 Å². The Morgan fingerprint density at radius 2 is 1.65 bits per heavy atom. The number of aryl methyl sites for hydroxylation is 2. The van der Waals surface area contributed by atoms with Crippen LogP contribution in [-0.2, 0) is 24.2 Å². The zero-order valence-corrected chi connectivity index (χ0v) is 29.3. The summed E-state index contributed by atoms with van der Waals surface area (Å²) in [6, 6.07) is 26.0. The molecule has 258 valence electrons. The smallest absolute Gasteiger partial charge is 0.321 e. The summed E-state index contributed by atoms with van der Waals surface area (Å²) in [5.41, 5.74) is 12.9. The zero-order valence-electron chi connectivity index (χ0n) is 29.3. The summed E-state index contributed by atoms with van der Waals surface area (Å²) in [5, 5.41) is 14.6. The lowest BCUT2D eigenvalue weighted by molar-refractivity contribution is -0.129. The number of carbonyl (C=O) groups excluding carboxylic acids is 2. The van der Waals surface area contributed by atoms with E-state index < -0.39 is 29.6 Å². The second kappa shape index (κ2) is 15.7. The number of aliphatic hydroxyl groups excluding tert-OH is 1. The number of aliphatic hydroxyl groups is 1. The molecule has 9 nitrogen and oxygen atoms in total. The Balaban J connectivity index is 1.27. The maximum absolute atomic E-state index is 14.2. The standard InChI is InChI=1S/C40H50N6O3/c1-27-18-19-42-35(22-27)31-16-14-30(15-17-31)24-34(41)36(47)25-33(23-29-11-7-6-8-12-29)44-38(48)37(40(3,4)5)46-21-20-45(39(46)49)26-32-13-9-10-28(2)43-32/h6-19,22,33-34,36-37,47H,20-21,23-26,41H2,1-5H3,(H,44,48)/t33-,34-,36-,37?/m0/s1. The maximum Gasteiger partial charge on any atom is 0.321 e. The molecular weight excluding hydrogens is 612 g/mol. The fraction of sp³-hybridized carbons (Fsp3) is 0.400. The molecule has 0 bridgehead atoms. The van der Waals surface area contributed by atoms with Gasteiger partial charge < -0.3 is 26.0 Å². The molecule has 1 fully saturated rings.